The molecule has 0 atom stereocenters. The van der Waals surface area contributed by atoms with Crippen LogP contribution >= 0.6 is 0 Å². The molecule has 0 aromatic rings. The van der Waals surface area contributed by atoms with Gasteiger partial charge in [-0.1, -0.05) is 13.8 Å². The lowest BCUT2D eigenvalue weighted by Crippen LogP contribution is -2.43. The zero-order valence-corrected chi connectivity index (χ0v) is 10.5. The summed E-state index contributed by atoms with van der Waals surface area (Å²) in [5.41, 5.74) is 5.41. The van der Waals surface area contributed by atoms with Crippen LogP contribution in [0.4, 0.5) is 0 Å². The third-order valence-electron chi connectivity index (χ3n) is 3.62. The average Bonchev–Trinajstić information content (AvgIpc) is 2.85. The average molecular weight is 228 g/mol. The van der Waals surface area contributed by atoms with Crippen molar-refractivity contribution in [3.8, 4) is 0 Å². The molecule has 0 saturated carbocycles. The van der Waals surface area contributed by atoms with E-state index in [4.69, 9.17) is 10.5 Å². The Bertz CT molecular complexity index is 213. The summed E-state index contributed by atoms with van der Waals surface area (Å²) in [4.78, 5) is 13.7. The maximum atomic E-state index is 11.8. The van der Waals surface area contributed by atoms with Crippen molar-refractivity contribution in [3.05, 3.63) is 0 Å². The Kier molecular flexibility index (Phi) is 5.22. The number of amides is 1. The summed E-state index contributed by atoms with van der Waals surface area (Å²) in [7, 11) is 0. The molecule has 1 heterocycles. The van der Waals surface area contributed by atoms with Crippen LogP contribution in [-0.4, -0.2) is 42.6 Å². The molecule has 1 saturated heterocycles. The molecule has 0 aromatic carbocycles. The second-order valence-electron chi connectivity index (χ2n) is 4.47. The molecule has 4 nitrogen and oxygen atoms in total. The Morgan fingerprint density at radius 1 is 1.31 bits per heavy atom. The summed E-state index contributed by atoms with van der Waals surface area (Å²) >= 11 is 0. The molecule has 0 bridgehead atoms. The first kappa shape index (κ1) is 13.5. The molecule has 0 aromatic heterocycles. The Balaban J connectivity index is 2.39. The molecule has 16 heavy (non-hydrogen) atoms. The number of hydrogen-bond acceptors (Lipinski definition) is 3. The molecular weight excluding hydrogens is 204 g/mol. The smallest absolute Gasteiger partial charge is 0.248 e. The highest BCUT2D eigenvalue weighted by atomic mass is 16.5. The van der Waals surface area contributed by atoms with Crippen LogP contribution in [0.2, 0.25) is 0 Å². The van der Waals surface area contributed by atoms with Crippen molar-refractivity contribution in [1.29, 1.82) is 0 Å². The summed E-state index contributed by atoms with van der Waals surface area (Å²) < 4.78 is 5.74. The van der Waals surface area contributed by atoms with Crippen molar-refractivity contribution >= 4 is 5.91 Å². The topological polar surface area (TPSA) is 55.6 Å². The Hall–Kier alpha value is -0.610. The first-order chi connectivity index (χ1) is 7.67. The van der Waals surface area contributed by atoms with Crippen molar-refractivity contribution in [2.75, 3.05) is 26.2 Å². The number of rotatable bonds is 6. The molecule has 1 amide bonds. The highest BCUT2D eigenvalue weighted by Crippen LogP contribution is 2.19. The number of carbonyl (C=O) groups excluding carboxylic acids is 1. The van der Waals surface area contributed by atoms with Gasteiger partial charge in [-0.25, -0.2) is 0 Å². The van der Waals surface area contributed by atoms with Crippen LogP contribution < -0.4 is 5.73 Å². The molecule has 1 rings (SSSR count). The molecule has 0 aliphatic carbocycles. The van der Waals surface area contributed by atoms with E-state index in [0.717, 1.165) is 38.8 Å². The highest BCUT2D eigenvalue weighted by molar-refractivity contribution is 5.77. The summed E-state index contributed by atoms with van der Waals surface area (Å²) in [5.74, 6) is 0.109. The largest absolute Gasteiger partial charge is 0.364 e. The van der Waals surface area contributed by atoms with Gasteiger partial charge >= 0.3 is 0 Å². The molecule has 0 unspecified atom stereocenters. The van der Waals surface area contributed by atoms with Crippen LogP contribution in [-0.2, 0) is 9.53 Å². The Morgan fingerprint density at radius 2 is 1.88 bits per heavy atom. The zero-order chi connectivity index (χ0) is 12.0. The fourth-order valence-electron chi connectivity index (χ4n) is 2.07. The van der Waals surface area contributed by atoms with Gasteiger partial charge in [-0.15, -0.1) is 0 Å². The molecule has 0 radical (unpaired) electrons. The zero-order valence-electron chi connectivity index (χ0n) is 10.5. The molecule has 1 fully saturated rings. The first-order valence-electron chi connectivity index (χ1n) is 6.29. The van der Waals surface area contributed by atoms with E-state index in [2.05, 4.69) is 13.8 Å². The fourth-order valence-corrected chi connectivity index (χ4v) is 2.07. The van der Waals surface area contributed by atoms with E-state index < -0.39 is 0 Å². The van der Waals surface area contributed by atoms with Gasteiger partial charge in [0.05, 0.1) is 5.60 Å². The second kappa shape index (κ2) is 6.21. The van der Waals surface area contributed by atoms with Gasteiger partial charge in [0, 0.05) is 19.6 Å². The molecule has 2 N–H and O–H groups in total. The van der Waals surface area contributed by atoms with Crippen LogP contribution in [0.25, 0.3) is 0 Å². The van der Waals surface area contributed by atoms with Gasteiger partial charge in [0.2, 0.25) is 5.91 Å². The maximum Gasteiger partial charge on any atom is 0.248 e. The monoisotopic (exact) mass is 228 g/mol. The van der Waals surface area contributed by atoms with Gasteiger partial charge < -0.3 is 15.4 Å². The van der Waals surface area contributed by atoms with E-state index in [0.29, 0.717) is 6.54 Å². The third-order valence-corrected chi connectivity index (χ3v) is 3.62. The number of hydrogen-bond donors (Lipinski definition) is 1. The van der Waals surface area contributed by atoms with E-state index in [1.807, 2.05) is 4.90 Å². The van der Waals surface area contributed by atoms with E-state index in [9.17, 15) is 4.79 Å². The molecule has 4 heteroatoms. The van der Waals surface area contributed by atoms with E-state index in [1.54, 1.807) is 0 Å². The van der Waals surface area contributed by atoms with Gasteiger partial charge in [0.15, 0.2) is 0 Å². The van der Waals surface area contributed by atoms with E-state index >= 15 is 0 Å². The number of likely N-dealkylation sites (tertiary alicyclic amines) is 1. The molecule has 1 aliphatic rings. The van der Waals surface area contributed by atoms with Crippen LogP contribution in [0.1, 0.15) is 39.5 Å². The molecule has 0 spiro atoms. The van der Waals surface area contributed by atoms with Gasteiger partial charge in [-0.2, -0.15) is 0 Å². The lowest BCUT2D eigenvalue weighted by atomic mass is 9.97. The molecule has 94 valence electrons. The normalized spacial score (nSPS) is 16.8. The number of nitrogens with zero attached hydrogens (tertiary/aromatic N) is 1. The van der Waals surface area contributed by atoms with Crippen molar-refractivity contribution in [3.63, 3.8) is 0 Å². The summed E-state index contributed by atoms with van der Waals surface area (Å²) in [6.45, 7) is 6.53. The fraction of sp³-hybridized carbons (Fsp3) is 0.917. The van der Waals surface area contributed by atoms with Gasteiger partial charge in [-0.3, -0.25) is 4.79 Å². The molecule has 1 aliphatic heterocycles. The quantitative estimate of drug-likeness (QED) is 0.742. The predicted molar refractivity (Wildman–Crippen MR) is 64.1 cm³/mol. The van der Waals surface area contributed by atoms with Gasteiger partial charge in [-0.05, 0) is 25.7 Å². The summed E-state index contributed by atoms with van der Waals surface area (Å²) in [6.07, 6.45) is 3.95. The predicted octanol–water partition coefficient (Wildman–Crippen LogP) is 1.14. The summed E-state index contributed by atoms with van der Waals surface area (Å²) in [5, 5.41) is 0. The summed E-state index contributed by atoms with van der Waals surface area (Å²) in [6, 6.07) is 0. The number of carbonyl (C=O) groups is 1. The maximum absolute atomic E-state index is 11.8. The van der Waals surface area contributed by atoms with Crippen LogP contribution in [0.5, 0.6) is 0 Å². The van der Waals surface area contributed by atoms with Crippen molar-refractivity contribution in [1.82, 2.24) is 4.90 Å². The van der Waals surface area contributed by atoms with Crippen molar-refractivity contribution in [2.24, 2.45) is 5.73 Å². The number of ether oxygens (including phenoxy) is 1. The standard InChI is InChI=1S/C12H24N2O2/c1-3-12(4-2,10-13)16-9-11(15)14-7-5-6-8-14/h3-10,13H2,1-2H3. The number of nitrogens with two attached hydrogens (primary N) is 1. The minimum Gasteiger partial charge on any atom is -0.364 e. The minimum absolute atomic E-state index is 0.109. The highest BCUT2D eigenvalue weighted by Gasteiger charge is 2.27. The minimum atomic E-state index is -0.310. The van der Waals surface area contributed by atoms with Crippen molar-refractivity contribution < 1.29 is 9.53 Å². The second-order valence-corrected chi connectivity index (χ2v) is 4.47. The lowest BCUT2D eigenvalue weighted by Gasteiger charge is -2.30. The van der Waals surface area contributed by atoms with Crippen LogP contribution in [0.15, 0.2) is 0 Å². The van der Waals surface area contributed by atoms with Crippen molar-refractivity contribution in [2.45, 2.75) is 45.1 Å². The molecular formula is C12H24N2O2. The lowest BCUT2D eigenvalue weighted by molar-refractivity contribution is -0.142. The SMILES string of the molecule is CCC(CC)(CN)OCC(=O)N1CCCC1. The van der Waals surface area contributed by atoms with Gasteiger partial charge in [0.1, 0.15) is 6.61 Å². The van der Waals surface area contributed by atoms with Crippen LogP contribution in [0, 0.1) is 0 Å². The Morgan fingerprint density at radius 3 is 2.31 bits per heavy atom. The van der Waals surface area contributed by atoms with E-state index in [1.165, 1.54) is 0 Å². The third kappa shape index (κ3) is 3.19. The van der Waals surface area contributed by atoms with E-state index in [-0.39, 0.29) is 18.1 Å². The van der Waals surface area contributed by atoms with Gasteiger partial charge in [0.25, 0.3) is 0 Å². The Labute approximate surface area is 98.1 Å². The van der Waals surface area contributed by atoms with Crippen LogP contribution in [0.3, 0.4) is 0 Å². The first-order valence-corrected chi connectivity index (χ1v) is 6.29.